The lowest BCUT2D eigenvalue weighted by molar-refractivity contribution is 0.0521. The maximum atomic E-state index is 12.5. The molecule has 0 aliphatic carbocycles. The van der Waals surface area contributed by atoms with E-state index in [4.69, 9.17) is 15.2 Å². The van der Waals surface area contributed by atoms with E-state index in [-0.39, 0.29) is 24.4 Å². The predicted octanol–water partition coefficient (Wildman–Crippen LogP) is 1.87. The monoisotopic (exact) mass is 349 g/mol. The highest BCUT2D eigenvalue weighted by atomic mass is 35.5. The molecule has 0 saturated carbocycles. The first kappa shape index (κ1) is 18.0. The van der Waals surface area contributed by atoms with Crippen molar-refractivity contribution in [3.8, 4) is 11.5 Å². The van der Waals surface area contributed by atoms with Crippen molar-refractivity contribution in [3.05, 3.63) is 53.9 Å². The van der Waals surface area contributed by atoms with Gasteiger partial charge < -0.3 is 20.1 Å². The molecule has 1 aromatic carbocycles. The Morgan fingerprint density at radius 3 is 2.83 bits per heavy atom. The lowest BCUT2D eigenvalue weighted by Crippen LogP contribution is -2.41. The Labute approximate surface area is 147 Å². The standard InChI is InChI=1S/C17H19N3O3.ClH/c1-20(17(21)12-6-7-19-13(8-12)9-18)10-14-11-22-15-4-2-3-5-16(15)23-14;/h2-8,14H,9-11,18H2,1H3;1H. The Morgan fingerprint density at radius 1 is 1.33 bits per heavy atom. The van der Waals surface area contributed by atoms with Gasteiger partial charge in [-0.2, -0.15) is 0 Å². The van der Waals surface area contributed by atoms with Crippen LogP contribution >= 0.6 is 12.4 Å². The number of amides is 1. The summed E-state index contributed by atoms with van der Waals surface area (Å²) in [4.78, 5) is 18.2. The van der Waals surface area contributed by atoms with Gasteiger partial charge in [-0.15, -0.1) is 12.4 Å². The topological polar surface area (TPSA) is 77.7 Å². The second kappa shape index (κ2) is 7.99. The van der Waals surface area contributed by atoms with E-state index < -0.39 is 0 Å². The van der Waals surface area contributed by atoms with E-state index >= 15 is 0 Å². The van der Waals surface area contributed by atoms with Crippen LogP contribution in [0.1, 0.15) is 16.1 Å². The Bertz CT molecular complexity index is 711. The number of likely N-dealkylation sites (N-methyl/N-ethyl adjacent to an activating group) is 1. The fourth-order valence-electron chi connectivity index (χ4n) is 2.48. The van der Waals surface area contributed by atoms with Gasteiger partial charge >= 0.3 is 0 Å². The van der Waals surface area contributed by atoms with E-state index in [2.05, 4.69) is 4.98 Å². The molecule has 1 aliphatic heterocycles. The van der Waals surface area contributed by atoms with Crippen LogP contribution in [0.4, 0.5) is 0 Å². The quantitative estimate of drug-likeness (QED) is 0.911. The fraction of sp³-hybridized carbons (Fsp3) is 0.294. The molecule has 1 atom stereocenters. The van der Waals surface area contributed by atoms with Crippen LogP contribution in [-0.4, -0.2) is 42.1 Å². The number of carbonyl (C=O) groups is 1. The summed E-state index contributed by atoms with van der Waals surface area (Å²) < 4.78 is 11.6. The van der Waals surface area contributed by atoms with Gasteiger partial charge in [-0.25, -0.2) is 0 Å². The van der Waals surface area contributed by atoms with E-state index in [9.17, 15) is 4.79 Å². The Hall–Kier alpha value is -2.31. The highest BCUT2D eigenvalue weighted by Crippen LogP contribution is 2.31. The summed E-state index contributed by atoms with van der Waals surface area (Å²) in [5, 5.41) is 0. The lowest BCUT2D eigenvalue weighted by atomic mass is 10.2. The molecule has 1 aliphatic rings. The van der Waals surface area contributed by atoms with Crippen LogP contribution in [-0.2, 0) is 6.54 Å². The van der Waals surface area contributed by atoms with Crippen molar-refractivity contribution in [1.82, 2.24) is 9.88 Å². The van der Waals surface area contributed by atoms with Crippen molar-refractivity contribution in [2.24, 2.45) is 5.73 Å². The summed E-state index contributed by atoms with van der Waals surface area (Å²) in [6.45, 7) is 1.16. The van der Waals surface area contributed by atoms with Crippen LogP contribution in [0, 0.1) is 0 Å². The molecule has 128 valence electrons. The lowest BCUT2D eigenvalue weighted by Gasteiger charge is -2.29. The number of para-hydroxylation sites is 2. The van der Waals surface area contributed by atoms with Gasteiger partial charge in [0.25, 0.3) is 5.91 Å². The SMILES string of the molecule is CN(CC1COc2ccccc2O1)C(=O)c1ccnc(CN)c1.Cl. The number of benzene rings is 1. The number of aromatic nitrogens is 1. The van der Waals surface area contributed by atoms with E-state index in [0.29, 0.717) is 36.7 Å². The number of carbonyl (C=O) groups excluding carboxylic acids is 1. The molecular formula is C17H20ClN3O3. The third-order valence-corrected chi connectivity index (χ3v) is 3.66. The molecule has 0 bridgehead atoms. The van der Waals surface area contributed by atoms with Crippen LogP contribution in [0.15, 0.2) is 42.6 Å². The maximum absolute atomic E-state index is 12.5. The van der Waals surface area contributed by atoms with Crippen molar-refractivity contribution >= 4 is 18.3 Å². The second-order valence-electron chi connectivity index (χ2n) is 5.42. The van der Waals surface area contributed by atoms with E-state index in [1.54, 1.807) is 30.3 Å². The first-order chi connectivity index (χ1) is 11.2. The van der Waals surface area contributed by atoms with Crippen molar-refractivity contribution < 1.29 is 14.3 Å². The maximum Gasteiger partial charge on any atom is 0.253 e. The average Bonchev–Trinajstić information content (AvgIpc) is 2.61. The molecule has 2 N–H and O–H groups in total. The molecule has 0 saturated heterocycles. The van der Waals surface area contributed by atoms with Gasteiger partial charge in [0.05, 0.1) is 12.2 Å². The minimum atomic E-state index is -0.199. The van der Waals surface area contributed by atoms with Crippen molar-refractivity contribution in [3.63, 3.8) is 0 Å². The van der Waals surface area contributed by atoms with E-state index in [0.717, 1.165) is 5.75 Å². The summed E-state index contributed by atoms with van der Waals surface area (Å²) in [7, 11) is 1.74. The molecule has 3 rings (SSSR count). The second-order valence-corrected chi connectivity index (χ2v) is 5.42. The molecule has 6 nitrogen and oxygen atoms in total. The number of nitrogens with zero attached hydrogens (tertiary/aromatic N) is 2. The normalized spacial score (nSPS) is 15.3. The molecule has 2 heterocycles. The zero-order valence-corrected chi connectivity index (χ0v) is 14.2. The van der Waals surface area contributed by atoms with Crippen molar-refractivity contribution in [2.75, 3.05) is 20.2 Å². The number of ether oxygens (including phenoxy) is 2. The summed E-state index contributed by atoms with van der Waals surface area (Å²) in [6.07, 6.45) is 1.40. The minimum absolute atomic E-state index is 0. The third-order valence-electron chi connectivity index (χ3n) is 3.66. The summed E-state index contributed by atoms with van der Waals surface area (Å²) >= 11 is 0. The molecule has 0 radical (unpaired) electrons. The average molecular weight is 350 g/mol. The van der Waals surface area contributed by atoms with E-state index in [1.165, 1.54) is 0 Å². The molecule has 1 aromatic heterocycles. The van der Waals surface area contributed by atoms with Gasteiger partial charge in [-0.3, -0.25) is 9.78 Å². The molecular weight excluding hydrogens is 330 g/mol. The van der Waals surface area contributed by atoms with Gasteiger partial charge in [-0.05, 0) is 24.3 Å². The number of pyridine rings is 1. The summed E-state index contributed by atoms with van der Waals surface area (Å²) in [5.74, 6) is 1.35. The van der Waals surface area contributed by atoms with Gasteiger partial charge in [0.2, 0.25) is 0 Å². The number of hydrogen-bond donors (Lipinski definition) is 1. The summed E-state index contributed by atoms with van der Waals surface area (Å²) in [5.41, 5.74) is 6.83. The zero-order valence-electron chi connectivity index (χ0n) is 13.3. The van der Waals surface area contributed by atoms with E-state index in [1.807, 2.05) is 24.3 Å². The van der Waals surface area contributed by atoms with Gasteiger partial charge in [0.15, 0.2) is 17.6 Å². The van der Waals surface area contributed by atoms with Gasteiger partial charge in [-0.1, -0.05) is 12.1 Å². The largest absolute Gasteiger partial charge is 0.486 e. The molecule has 7 heteroatoms. The Morgan fingerprint density at radius 2 is 2.08 bits per heavy atom. The number of rotatable bonds is 4. The van der Waals surface area contributed by atoms with Crippen LogP contribution in [0.5, 0.6) is 11.5 Å². The van der Waals surface area contributed by atoms with Crippen LogP contribution in [0.2, 0.25) is 0 Å². The van der Waals surface area contributed by atoms with Gasteiger partial charge in [0.1, 0.15) is 6.61 Å². The zero-order chi connectivity index (χ0) is 16.2. The number of hydrogen-bond acceptors (Lipinski definition) is 5. The van der Waals surface area contributed by atoms with Crippen molar-refractivity contribution in [1.29, 1.82) is 0 Å². The van der Waals surface area contributed by atoms with Crippen LogP contribution < -0.4 is 15.2 Å². The van der Waals surface area contributed by atoms with Crippen molar-refractivity contribution in [2.45, 2.75) is 12.6 Å². The molecule has 2 aromatic rings. The first-order valence-electron chi connectivity index (χ1n) is 7.46. The molecule has 24 heavy (non-hydrogen) atoms. The fourth-order valence-corrected chi connectivity index (χ4v) is 2.48. The first-order valence-corrected chi connectivity index (χ1v) is 7.46. The molecule has 1 amide bonds. The molecule has 1 unspecified atom stereocenters. The molecule has 0 fully saturated rings. The summed E-state index contributed by atoms with van der Waals surface area (Å²) in [6, 6.07) is 10.9. The van der Waals surface area contributed by atoms with Gasteiger partial charge in [0, 0.05) is 25.4 Å². The van der Waals surface area contributed by atoms with Crippen LogP contribution in [0.25, 0.3) is 0 Å². The third kappa shape index (κ3) is 3.96. The molecule has 0 spiro atoms. The minimum Gasteiger partial charge on any atom is -0.486 e. The van der Waals surface area contributed by atoms with Crippen LogP contribution in [0.3, 0.4) is 0 Å². The Balaban J connectivity index is 0.00000208. The predicted molar refractivity (Wildman–Crippen MR) is 92.7 cm³/mol. The highest BCUT2D eigenvalue weighted by Gasteiger charge is 2.24. The highest BCUT2D eigenvalue weighted by molar-refractivity contribution is 5.94. The number of halogens is 1. The Kier molecular flexibility index (Phi) is 6.00. The number of nitrogens with two attached hydrogens (primary N) is 1. The smallest absolute Gasteiger partial charge is 0.253 e. The number of fused-ring (bicyclic) bond motifs is 1.